The first-order chi connectivity index (χ1) is 42.5. The first-order valence-electron chi connectivity index (χ1n) is 39.6. The maximum absolute atomic E-state index is 12.6. The summed E-state index contributed by atoms with van der Waals surface area (Å²) in [5, 5.41) is 23.4. The van der Waals surface area contributed by atoms with E-state index in [1.54, 1.807) is 0 Å². The lowest BCUT2D eigenvalue weighted by Gasteiger charge is -2.22. The Morgan fingerprint density at radius 2 is 0.593 bits per heavy atom. The second-order valence-electron chi connectivity index (χ2n) is 27.4. The number of hydrogen-bond acceptors (Lipinski definition) is 5. The number of allylic oxidation sites excluding steroid dienone is 4. The highest BCUT2D eigenvalue weighted by atomic mass is 16.5. The zero-order valence-corrected chi connectivity index (χ0v) is 58.6. The molecule has 2 atom stereocenters. The Bertz CT molecular complexity index is 1350. The van der Waals surface area contributed by atoms with Crippen LogP contribution in [0.25, 0.3) is 0 Å². The van der Waals surface area contributed by atoms with Crippen LogP contribution in [0.2, 0.25) is 0 Å². The van der Waals surface area contributed by atoms with E-state index in [0.29, 0.717) is 25.9 Å². The quantitative estimate of drug-likeness (QED) is 0.0320. The van der Waals surface area contributed by atoms with Crippen LogP contribution < -0.4 is 5.32 Å². The molecule has 0 aliphatic carbocycles. The third kappa shape index (κ3) is 71.4. The molecule has 6 nitrogen and oxygen atoms in total. The predicted octanol–water partition coefficient (Wildman–Crippen LogP) is 26.0. The molecule has 0 saturated carbocycles. The van der Waals surface area contributed by atoms with Gasteiger partial charge >= 0.3 is 5.97 Å². The summed E-state index contributed by atoms with van der Waals surface area (Å²) in [5.74, 6) is -0.0158. The molecule has 6 heteroatoms. The Hall–Kier alpha value is -1.66. The molecule has 0 aromatic heterocycles. The van der Waals surface area contributed by atoms with Crippen LogP contribution in [0.15, 0.2) is 24.3 Å². The number of rotatable bonds is 75. The monoisotopic (exact) mass is 1210 g/mol. The number of unbranched alkanes of at least 4 members (excludes halogenated alkanes) is 60. The minimum atomic E-state index is -0.661. The molecule has 510 valence electrons. The number of aliphatic hydroxyl groups is 2. The van der Waals surface area contributed by atoms with Gasteiger partial charge in [-0.2, -0.15) is 0 Å². The van der Waals surface area contributed by atoms with Crippen molar-refractivity contribution < 1.29 is 24.5 Å². The normalized spacial score (nSPS) is 12.6. The zero-order chi connectivity index (χ0) is 62.0. The number of amides is 1. The molecular formula is C80H155NO5. The molecule has 0 rings (SSSR count). The van der Waals surface area contributed by atoms with Gasteiger partial charge in [-0.15, -0.1) is 0 Å². The molecule has 86 heavy (non-hydrogen) atoms. The molecule has 1 amide bonds. The highest BCUT2D eigenvalue weighted by Gasteiger charge is 2.20. The molecule has 0 aliphatic heterocycles. The van der Waals surface area contributed by atoms with E-state index < -0.39 is 12.1 Å². The minimum absolute atomic E-state index is 0.00872. The van der Waals surface area contributed by atoms with E-state index in [1.165, 1.54) is 366 Å². The third-order valence-corrected chi connectivity index (χ3v) is 18.8. The van der Waals surface area contributed by atoms with Gasteiger partial charge in [0.2, 0.25) is 5.91 Å². The summed E-state index contributed by atoms with van der Waals surface area (Å²) in [4.78, 5) is 24.6. The van der Waals surface area contributed by atoms with Gasteiger partial charge in [-0.25, -0.2) is 0 Å². The largest absolute Gasteiger partial charge is 0.466 e. The van der Waals surface area contributed by atoms with Crippen LogP contribution in [-0.4, -0.2) is 47.4 Å². The number of ether oxygens (including phenoxy) is 1. The van der Waals surface area contributed by atoms with Gasteiger partial charge < -0.3 is 20.3 Å². The molecule has 0 heterocycles. The molecule has 0 saturated heterocycles. The number of carbonyl (C=O) groups excluding carboxylic acids is 2. The average molecular weight is 1210 g/mol. The highest BCUT2D eigenvalue weighted by molar-refractivity contribution is 5.76. The lowest BCUT2D eigenvalue weighted by Crippen LogP contribution is -2.45. The van der Waals surface area contributed by atoms with Crippen molar-refractivity contribution >= 4 is 11.9 Å². The molecule has 3 N–H and O–H groups in total. The number of aliphatic hydroxyl groups excluding tert-OH is 2. The Labute approximate surface area is 539 Å². The van der Waals surface area contributed by atoms with Crippen molar-refractivity contribution in [1.82, 2.24) is 5.32 Å². The maximum Gasteiger partial charge on any atom is 0.305 e. The smallest absolute Gasteiger partial charge is 0.305 e. The van der Waals surface area contributed by atoms with E-state index >= 15 is 0 Å². The summed E-state index contributed by atoms with van der Waals surface area (Å²) in [6.45, 7) is 4.96. The minimum Gasteiger partial charge on any atom is -0.466 e. The Kier molecular flexibility index (Phi) is 74.3. The SMILES string of the molecule is CCCC/C=C\C/C=C\CCCCCCCC(=O)OCCCCCCCCCCCCCCCCCCCCCCCCCCCCCCCCCCCCCC(=O)NC(CO)C(O)CCCCCCCCCCCCCCCCCCCCCC. The van der Waals surface area contributed by atoms with Crippen molar-refractivity contribution in [3.63, 3.8) is 0 Å². The fourth-order valence-electron chi connectivity index (χ4n) is 12.7. The van der Waals surface area contributed by atoms with Crippen LogP contribution in [-0.2, 0) is 14.3 Å². The molecule has 0 bridgehead atoms. The zero-order valence-electron chi connectivity index (χ0n) is 58.6. The Morgan fingerprint density at radius 3 is 0.919 bits per heavy atom. The van der Waals surface area contributed by atoms with Crippen molar-refractivity contribution in [2.45, 2.75) is 463 Å². The van der Waals surface area contributed by atoms with E-state index in [2.05, 4.69) is 43.5 Å². The number of nitrogens with one attached hydrogen (secondary N) is 1. The molecule has 0 spiro atoms. The molecule has 0 fully saturated rings. The number of hydrogen-bond donors (Lipinski definition) is 3. The fourth-order valence-corrected chi connectivity index (χ4v) is 12.7. The molecule has 2 unspecified atom stereocenters. The number of esters is 1. The van der Waals surface area contributed by atoms with Crippen molar-refractivity contribution in [3.05, 3.63) is 24.3 Å². The third-order valence-electron chi connectivity index (χ3n) is 18.8. The first kappa shape index (κ1) is 84.3. The standard InChI is InChI=1S/C80H155NO5/c1-3-5-7-9-11-13-15-17-19-20-21-39-42-45-48-52-56-60-64-68-72-78(83)77(76-82)81-79(84)73-69-65-61-57-53-49-46-43-40-37-35-33-31-29-27-25-23-22-24-26-28-30-32-34-36-38-41-44-47-51-55-59-63-67-71-75-86-80(85)74-70-66-62-58-54-50-18-16-14-12-10-8-6-4-2/h10,12,16,18,77-78,82-83H,3-9,11,13-15,17,19-76H2,1-2H3,(H,81,84)/b12-10-,18-16-. The van der Waals surface area contributed by atoms with E-state index in [0.717, 1.165) is 51.4 Å². The Morgan fingerprint density at radius 1 is 0.326 bits per heavy atom. The topological polar surface area (TPSA) is 95.9 Å². The summed E-state index contributed by atoms with van der Waals surface area (Å²) in [6.07, 6.45) is 97.0. The van der Waals surface area contributed by atoms with E-state index in [1.807, 2.05) is 0 Å². The molecule has 0 aromatic carbocycles. The van der Waals surface area contributed by atoms with Gasteiger partial charge in [0.15, 0.2) is 0 Å². The van der Waals surface area contributed by atoms with Crippen LogP contribution in [0, 0.1) is 0 Å². The second kappa shape index (κ2) is 75.8. The molecular weight excluding hydrogens is 1050 g/mol. The molecule has 0 aliphatic rings. The van der Waals surface area contributed by atoms with Crippen LogP contribution in [0.4, 0.5) is 0 Å². The van der Waals surface area contributed by atoms with Crippen LogP contribution in [0.5, 0.6) is 0 Å². The summed E-state index contributed by atoms with van der Waals surface area (Å²) in [7, 11) is 0. The van der Waals surface area contributed by atoms with E-state index in [4.69, 9.17) is 4.74 Å². The van der Waals surface area contributed by atoms with Gasteiger partial charge in [-0.1, -0.05) is 411 Å². The molecule has 0 radical (unpaired) electrons. The van der Waals surface area contributed by atoms with E-state index in [-0.39, 0.29) is 18.5 Å². The summed E-state index contributed by atoms with van der Waals surface area (Å²) in [5.41, 5.74) is 0. The lowest BCUT2D eigenvalue weighted by molar-refractivity contribution is -0.143. The average Bonchev–Trinajstić information content (AvgIpc) is 3.54. The Balaban J connectivity index is 3.31. The van der Waals surface area contributed by atoms with Gasteiger partial charge in [-0.3, -0.25) is 9.59 Å². The van der Waals surface area contributed by atoms with Crippen molar-refractivity contribution in [3.8, 4) is 0 Å². The van der Waals surface area contributed by atoms with Crippen LogP contribution in [0.3, 0.4) is 0 Å². The van der Waals surface area contributed by atoms with Crippen LogP contribution >= 0.6 is 0 Å². The summed E-state index contributed by atoms with van der Waals surface area (Å²) >= 11 is 0. The fraction of sp³-hybridized carbons (Fsp3) is 0.925. The van der Waals surface area contributed by atoms with Gasteiger partial charge in [0.25, 0.3) is 0 Å². The van der Waals surface area contributed by atoms with Gasteiger partial charge in [0.1, 0.15) is 0 Å². The first-order valence-corrected chi connectivity index (χ1v) is 39.6. The predicted molar refractivity (Wildman–Crippen MR) is 380 cm³/mol. The van der Waals surface area contributed by atoms with Crippen molar-refractivity contribution in [2.24, 2.45) is 0 Å². The number of carbonyl (C=O) groups is 2. The van der Waals surface area contributed by atoms with Gasteiger partial charge in [-0.05, 0) is 51.4 Å². The lowest BCUT2D eigenvalue weighted by atomic mass is 10.0. The van der Waals surface area contributed by atoms with Crippen molar-refractivity contribution in [2.75, 3.05) is 13.2 Å². The van der Waals surface area contributed by atoms with E-state index in [9.17, 15) is 19.8 Å². The van der Waals surface area contributed by atoms with Gasteiger partial charge in [0.05, 0.1) is 25.4 Å². The molecule has 0 aromatic rings. The summed E-state index contributed by atoms with van der Waals surface area (Å²) < 4.78 is 5.49. The van der Waals surface area contributed by atoms with Gasteiger partial charge in [0, 0.05) is 12.8 Å². The highest BCUT2D eigenvalue weighted by Crippen LogP contribution is 2.20. The maximum atomic E-state index is 12.6. The van der Waals surface area contributed by atoms with Crippen LogP contribution in [0.1, 0.15) is 450 Å². The van der Waals surface area contributed by atoms with Crippen molar-refractivity contribution in [1.29, 1.82) is 0 Å². The summed E-state index contributed by atoms with van der Waals surface area (Å²) in [6, 6.07) is -0.538. The second-order valence-corrected chi connectivity index (χ2v) is 27.4.